The summed E-state index contributed by atoms with van der Waals surface area (Å²) in [5.41, 5.74) is 7.99. The lowest BCUT2D eigenvalue weighted by Crippen LogP contribution is -2.30. The van der Waals surface area contributed by atoms with E-state index in [0.29, 0.717) is 6.61 Å². The summed E-state index contributed by atoms with van der Waals surface area (Å²) < 4.78 is 5.84. The van der Waals surface area contributed by atoms with E-state index in [-0.39, 0.29) is 6.04 Å². The highest BCUT2D eigenvalue weighted by molar-refractivity contribution is 5.89. The molecule has 0 spiro atoms. The van der Waals surface area contributed by atoms with Crippen molar-refractivity contribution < 1.29 is 4.74 Å². The molecule has 2 heterocycles. The fraction of sp³-hybridized carbons (Fsp3) is 0.391. The normalized spacial score (nSPS) is 16.7. The van der Waals surface area contributed by atoms with Crippen molar-refractivity contribution in [2.75, 3.05) is 33.8 Å². The quantitative estimate of drug-likeness (QED) is 0.721. The molecule has 0 fully saturated rings. The zero-order chi connectivity index (χ0) is 19.0. The summed E-state index contributed by atoms with van der Waals surface area (Å²) in [6.07, 6.45) is 1.07. The molecule has 2 aromatic carbocycles. The maximum absolute atomic E-state index is 5.84. The van der Waals surface area contributed by atoms with Crippen LogP contribution in [0.2, 0.25) is 0 Å². The number of aryl methyl sites for hydroxylation is 2. The third-order valence-electron chi connectivity index (χ3n) is 5.41. The standard InChI is InChI=1S/C23H29N3O/c1-15-13-16(2)21-19-9-10-24-22(23(19)25-20(21)14-15)17-5-7-18(8-6-17)27-12-11-26(3)4/h5-8,13-14,22,24-25H,9-12H2,1-4H3. The van der Waals surface area contributed by atoms with Crippen molar-refractivity contribution in [2.45, 2.75) is 26.3 Å². The lowest BCUT2D eigenvalue weighted by Gasteiger charge is -2.25. The highest BCUT2D eigenvalue weighted by atomic mass is 16.5. The molecule has 0 saturated heterocycles. The summed E-state index contributed by atoms with van der Waals surface area (Å²) in [6, 6.07) is 13.3. The maximum atomic E-state index is 5.84. The largest absolute Gasteiger partial charge is 0.492 e. The molecule has 1 aliphatic heterocycles. The molecule has 1 aliphatic rings. The van der Waals surface area contributed by atoms with Crippen LogP contribution < -0.4 is 10.1 Å². The molecular weight excluding hydrogens is 334 g/mol. The van der Waals surface area contributed by atoms with E-state index in [1.807, 2.05) is 0 Å². The first-order valence-electron chi connectivity index (χ1n) is 9.75. The third kappa shape index (κ3) is 3.60. The minimum absolute atomic E-state index is 0.205. The number of hydrogen-bond donors (Lipinski definition) is 2. The minimum Gasteiger partial charge on any atom is -0.492 e. The Labute approximate surface area is 161 Å². The van der Waals surface area contributed by atoms with E-state index < -0.39 is 0 Å². The molecule has 142 valence electrons. The second-order valence-corrected chi connectivity index (χ2v) is 7.88. The van der Waals surface area contributed by atoms with Crippen molar-refractivity contribution in [1.82, 2.24) is 15.2 Å². The van der Waals surface area contributed by atoms with Gasteiger partial charge in [0, 0.05) is 29.7 Å². The van der Waals surface area contributed by atoms with Gasteiger partial charge in [-0.1, -0.05) is 18.2 Å². The van der Waals surface area contributed by atoms with E-state index in [1.165, 1.54) is 38.9 Å². The highest BCUT2D eigenvalue weighted by Gasteiger charge is 2.25. The molecule has 27 heavy (non-hydrogen) atoms. The van der Waals surface area contributed by atoms with Gasteiger partial charge in [-0.25, -0.2) is 0 Å². The summed E-state index contributed by atoms with van der Waals surface area (Å²) in [5, 5.41) is 5.09. The first kappa shape index (κ1) is 18.1. The van der Waals surface area contributed by atoms with Crippen molar-refractivity contribution in [3.05, 3.63) is 64.3 Å². The number of aromatic amines is 1. The van der Waals surface area contributed by atoms with E-state index in [9.17, 15) is 0 Å². The fourth-order valence-corrected chi connectivity index (χ4v) is 4.16. The van der Waals surface area contributed by atoms with Crippen LogP contribution in [0.3, 0.4) is 0 Å². The van der Waals surface area contributed by atoms with Gasteiger partial charge in [0.2, 0.25) is 0 Å². The second-order valence-electron chi connectivity index (χ2n) is 7.88. The molecule has 2 N–H and O–H groups in total. The Morgan fingerprint density at radius 3 is 2.63 bits per heavy atom. The topological polar surface area (TPSA) is 40.3 Å². The van der Waals surface area contributed by atoms with Gasteiger partial charge in [-0.2, -0.15) is 0 Å². The average Bonchev–Trinajstić information content (AvgIpc) is 3.00. The van der Waals surface area contributed by atoms with E-state index in [2.05, 4.69) is 79.5 Å². The van der Waals surface area contributed by atoms with Gasteiger partial charge in [0.05, 0.1) is 6.04 Å². The summed E-state index contributed by atoms with van der Waals surface area (Å²) in [5.74, 6) is 0.930. The summed E-state index contributed by atoms with van der Waals surface area (Å²) in [4.78, 5) is 5.83. The summed E-state index contributed by atoms with van der Waals surface area (Å²) >= 11 is 0. The molecule has 4 rings (SSSR count). The number of rotatable bonds is 5. The van der Waals surface area contributed by atoms with Crippen LogP contribution in [-0.2, 0) is 6.42 Å². The molecule has 1 aromatic heterocycles. The highest BCUT2D eigenvalue weighted by Crippen LogP contribution is 2.35. The van der Waals surface area contributed by atoms with Crippen LogP contribution in [-0.4, -0.2) is 43.7 Å². The molecule has 0 aliphatic carbocycles. The molecule has 0 bridgehead atoms. The van der Waals surface area contributed by atoms with Crippen LogP contribution in [0, 0.1) is 13.8 Å². The monoisotopic (exact) mass is 363 g/mol. The summed E-state index contributed by atoms with van der Waals surface area (Å²) in [6.45, 7) is 7.01. The smallest absolute Gasteiger partial charge is 0.119 e. The molecular formula is C23H29N3O. The van der Waals surface area contributed by atoms with Gasteiger partial charge in [0.25, 0.3) is 0 Å². The Balaban J connectivity index is 1.62. The predicted molar refractivity (Wildman–Crippen MR) is 112 cm³/mol. The van der Waals surface area contributed by atoms with Crippen LogP contribution in [0.15, 0.2) is 36.4 Å². The zero-order valence-electron chi connectivity index (χ0n) is 16.7. The first-order valence-corrected chi connectivity index (χ1v) is 9.75. The molecule has 1 atom stereocenters. The number of ether oxygens (including phenoxy) is 1. The number of likely N-dealkylation sites (N-methyl/N-ethyl adjacent to an activating group) is 1. The minimum atomic E-state index is 0.205. The van der Waals surface area contributed by atoms with Gasteiger partial charge in [-0.05, 0) is 74.8 Å². The number of nitrogens with zero attached hydrogens (tertiary/aromatic N) is 1. The Hall–Kier alpha value is -2.30. The van der Waals surface area contributed by atoms with Gasteiger partial charge in [0.1, 0.15) is 12.4 Å². The number of hydrogen-bond acceptors (Lipinski definition) is 3. The Bertz CT molecular complexity index is 940. The van der Waals surface area contributed by atoms with E-state index in [4.69, 9.17) is 4.74 Å². The van der Waals surface area contributed by atoms with Crippen LogP contribution in [0.4, 0.5) is 0 Å². The number of benzene rings is 2. The summed E-state index contributed by atoms with van der Waals surface area (Å²) in [7, 11) is 4.12. The molecule has 0 amide bonds. The number of fused-ring (bicyclic) bond motifs is 3. The Kier molecular flexibility index (Phi) is 4.94. The Morgan fingerprint density at radius 1 is 1.11 bits per heavy atom. The van der Waals surface area contributed by atoms with Crippen molar-refractivity contribution in [3.63, 3.8) is 0 Å². The van der Waals surface area contributed by atoms with E-state index in [0.717, 1.165) is 25.3 Å². The fourth-order valence-electron chi connectivity index (χ4n) is 4.16. The van der Waals surface area contributed by atoms with Crippen LogP contribution in [0.1, 0.15) is 34.0 Å². The number of H-pyrrole nitrogens is 1. The van der Waals surface area contributed by atoms with Gasteiger partial charge < -0.3 is 19.9 Å². The van der Waals surface area contributed by atoms with Crippen molar-refractivity contribution in [1.29, 1.82) is 0 Å². The SMILES string of the molecule is Cc1cc(C)c2c3c([nH]c2c1)C(c1ccc(OCCN(C)C)cc1)NCC3. The zero-order valence-corrected chi connectivity index (χ0v) is 16.7. The molecule has 0 saturated carbocycles. The third-order valence-corrected chi connectivity index (χ3v) is 5.41. The van der Waals surface area contributed by atoms with Crippen LogP contribution in [0.5, 0.6) is 5.75 Å². The van der Waals surface area contributed by atoms with Gasteiger partial charge in [0.15, 0.2) is 0 Å². The van der Waals surface area contributed by atoms with E-state index >= 15 is 0 Å². The lowest BCUT2D eigenvalue weighted by molar-refractivity contribution is 0.261. The number of nitrogens with one attached hydrogen (secondary N) is 2. The lowest BCUT2D eigenvalue weighted by atomic mass is 9.93. The predicted octanol–water partition coefficient (Wildman–Crippen LogP) is 3.96. The van der Waals surface area contributed by atoms with Crippen molar-refractivity contribution in [3.8, 4) is 5.75 Å². The van der Waals surface area contributed by atoms with Gasteiger partial charge in [-0.3, -0.25) is 0 Å². The molecule has 4 heteroatoms. The molecule has 4 nitrogen and oxygen atoms in total. The second kappa shape index (κ2) is 7.37. The van der Waals surface area contributed by atoms with Crippen LogP contribution in [0.25, 0.3) is 10.9 Å². The number of aromatic nitrogens is 1. The van der Waals surface area contributed by atoms with Gasteiger partial charge in [-0.15, -0.1) is 0 Å². The maximum Gasteiger partial charge on any atom is 0.119 e. The van der Waals surface area contributed by atoms with Crippen molar-refractivity contribution >= 4 is 10.9 Å². The Morgan fingerprint density at radius 2 is 1.89 bits per heavy atom. The molecule has 0 radical (unpaired) electrons. The molecule has 1 unspecified atom stereocenters. The average molecular weight is 364 g/mol. The molecule has 3 aromatic rings. The first-order chi connectivity index (χ1) is 13.0. The van der Waals surface area contributed by atoms with E-state index in [1.54, 1.807) is 0 Å². The van der Waals surface area contributed by atoms with Crippen molar-refractivity contribution in [2.24, 2.45) is 0 Å². The van der Waals surface area contributed by atoms with Gasteiger partial charge >= 0.3 is 0 Å². The van der Waals surface area contributed by atoms with Crippen LogP contribution >= 0.6 is 0 Å².